The van der Waals surface area contributed by atoms with Crippen LogP contribution in [0, 0.1) is 0 Å². The third kappa shape index (κ3) is 6.64. The number of hydrogen-bond acceptors (Lipinski definition) is 4. The molecule has 2 amide bonds. The van der Waals surface area contributed by atoms with Crippen LogP contribution in [0.5, 0.6) is 0 Å². The quantitative estimate of drug-likeness (QED) is 0.305. The van der Waals surface area contributed by atoms with Gasteiger partial charge in [0.1, 0.15) is 0 Å². The maximum Gasteiger partial charge on any atom is 0.343 e. The van der Waals surface area contributed by atoms with Crippen molar-refractivity contribution in [2.75, 3.05) is 33.7 Å². The van der Waals surface area contributed by atoms with Crippen molar-refractivity contribution in [3.05, 3.63) is 0 Å². The molecule has 84 valence electrons. The number of rotatable bonds is 6. The molecule has 0 aromatic rings. The van der Waals surface area contributed by atoms with Crippen LogP contribution in [0.25, 0.3) is 0 Å². The lowest BCUT2D eigenvalue weighted by atomic mass is 10.4. The van der Waals surface area contributed by atoms with Crippen molar-refractivity contribution in [1.82, 2.24) is 20.8 Å². The van der Waals surface area contributed by atoms with Crippen molar-refractivity contribution in [2.45, 2.75) is 13.3 Å². The highest BCUT2D eigenvalue weighted by Gasteiger charge is 2.04. The van der Waals surface area contributed by atoms with Crippen LogP contribution in [0.4, 0.5) is 4.79 Å². The van der Waals surface area contributed by atoms with Gasteiger partial charge in [-0.15, -0.1) is 0 Å². The Labute approximate surface area is 85.4 Å². The second-order valence-corrected chi connectivity index (χ2v) is 3.32. The molecule has 0 rings (SSSR count). The van der Waals surface area contributed by atoms with E-state index in [0.717, 1.165) is 26.1 Å². The maximum atomic E-state index is 10.9. The lowest BCUT2D eigenvalue weighted by Gasteiger charge is -2.21. The van der Waals surface area contributed by atoms with E-state index < -0.39 is 0 Å². The van der Waals surface area contributed by atoms with Crippen molar-refractivity contribution in [3.63, 3.8) is 0 Å². The Bertz CT molecular complexity index is 162. The van der Waals surface area contributed by atoms with E-state index in [1.165, 1.54) is 0 Å². The minimum Gasteiger partial charge on any atom is -0.309 e. The Morgan fingerprint density at radius 3 is 2.43 bits per heavy atom. The van der Waals surface area contributed by atoms with Crippen molar-refractivity contribution in [3.8, 4) is 0 Å². The molecule has 0 aliphatic rings. The van der Waals surface area contributed by atoms with Gasteiger partial charge >= 0.3 is 6.03 Å². The zero-order chi connectivity index (χ0) is 11.0. The zero-order valence-electron chi connectivity index (χ0n) is 9.21. The van der Waals surface area contributed by atoms with Gasteiger partial charge in [0.25, 0.3) is 0 Å². The molecule has 6 heteroatoms. The van der Waals surface area contributed by atoms with Crippen molar-refractivity contribution >= 4 is 6.03 Å². The molecule has 0 bridgehead atoms. The molecule has 0 radical (unpaired) electrons. The molecular weight excluding hydrogens is 182 g/mol. The Morgan fingerprint density at radius 2 is 2.00 bits per heavy atom. The first kappa shape index (κ1) is 13.2. The Hall–Kier alpha value is -0.850. The third-order valence-corrected chi connectivity index (χ3v) is 1.81. The number of hydrazine groups is 2. The second-order valence-electron chi connectivity index (χ2n) is 3.32. The van der Waals surface area contributed by atoms with E-state index in [4.69, 9.17) is 5.84 Å². The van der Waals surface area contributed by atoms with Gasteiger partial charge in [0.05, 0.1) is 0 Å². The van der Waals surface area contributed by atoms with E-state index in [2.05, 4.69) is 10.3 Å². The first-order valence-corrected chi connectivity index (χ1v) is 4.77. The van der Waals surface area contributed by atoms with E-state index in [9.17, 15) is 4.79 Å². The molecule has 0 aliphatic heterocycles. The number of amides is 2. The molecule has 4 N–H and O–H groups in total. The van der Waals surface area contributed by atoms with Gasteiger partial charge in [0, 0.05) is 13.1 Å². The van der Waals surface area contributed by atoms with Crippen LogP contribution in [-0.4, -0.2) is 49.7 Å². The topological polar surface area (TPSA) is 73.6 Å². The number of nitrogens with one attached hydrogen (secondary N) is 2. The zero-order valence-corrected chi connectivity index (χ0v) is 9.21. The maximum absolute atomic E-state index is 10.9. The fraction of sp³-hybridized carbons (Fsp3) is 0.875. The molecule has 0 aromatic carbocycles. The minimum atomic E-state index is -0.378. The normalized spacial score (nSPS) is 10.7. The number of hydrogen-bond donors (Lipinski definition) is 3. The van der Waals surface area contributed by atoms with Gasteiger partial charge in [-0.2, -0.15) is 0 Å². The monoisotopic (exact) mass is 203 g/mol. The summed E-state index contributed by atoms with van der Waals surface area (Å²) in [5, 5.41) is 1.83. The molecule has 6 nitrogen and oxygen atoms in total. The molecule has 0 unspecified atom stereocenters. The molecule has 0 saturated carbocycles. The minimum absolute atomic E-state index is 0.378. The first-order chi connectivity index (χ1) is 6.60. The van der Waals surface area contributed by atoms with Crippen LogP contribution in [0.2, 0.25) is 0 Å². The fourth-order valence-corrected chi connectivity index (χ4v) is 1.05. The van der Waals surface area contributed by atoms with Crippen LogP contribution in [0.15, 0.2) is 0 Å². The smallest absolute Gasteiger partial charge is 0.309 e. The third-order valence-electron chi connectivity index (χ3n) is 1.81. The van der Waals surface area contributed by atoms with Gasteiger partial charge in [-0.05, 0) is 27.1 Å². The predicted molar refractivity (Wildman–Crippen MR) is 56.3 cm³/mol. The summed E-state index contributed by atoms with van der Waals surface area (Å²) >= 11 is 0. The summed E-state index contributed by atoms with van der Waals surface area (Å²) < 4.78 is 0. The summed E-state index contributed by atoms with van der Waals surface area (Å²) in [5.41, 5.74) is 4.66. The van der Waals surface area contributed by atoms with Crippen LogP contribution < -0.4 is 16.7 Å². The number of urea groups is 1. The molecule has 0 aromatic heterocycles. The van der Waals surface area contributed by atoms with Crippen LogP contribution >= 0.6 is 0 Å². The van der Waals surface area contributed by atoms with E-state index in [-0.39, 0.29) is 6.03 Å². The molecule has 0 fully saturated rings. The summed E-state index contributed by atoms with van der Waals surface area (Å²) in [5.74, 6) is 4.95. The van der Waals surface area contributed by atoms with Gasteiger partial charge in [-0.1, -0.05) is 6.92 Å². The van der Waals surface area contributed by atoms with E-state index in [1.807, 2.05) is 31.5 Å². The summed E-state index contributed by atoms with van der Waals surface area (Å²) in [7, 11) is 4.05. The first-order valence-electron chi connectivity index (χ1n) is 4.77. The SMILES string of the molecule is CCN(CCCN(C)C)NC(=O)NN. The van der Waals surface area contributed by atoms with Crippen LogP contribution in [0.1, 0.15) is 13.3 Å². The average molecular weight is 203 g/mol. The van der Waals surface area contributed by atoms with Gasteiger partial charge in [0.15, 0.2) is 0 Å². The summed E-state index contributed by atoms with van der Waals surface area (Å²) in [4.78, 5) is 13.0. The highest BCUT2D eigenvalue weighted by Crippen LogP contribution is 1.88. The summed E-state index contributed by atoms with van der Waals surface area (Å²) in [6, 6.07) is -0.378. The highest BCUT2D eigenvalue weighted by atomic mass is 16.2. The van der Waals surface area contributed by atoms with E-state index in [1.54, 1.807) is 0 Å². The van der Waals surface area contributed by atoms with E-state index in [0.29, 0.717) is 0 Å². The lowest BCUT2D eigenvalue weighted by molar-refractivity contribution is 0.177. The number of carbonyl (C=O) groups is 1. The van der Waals surface area contributed by atoms with E-state index >= 15 is 0 Å². The second kappa shape index (κ2) is 7.54. The Kier molecular flexibility index (Phi) is 7.09. The van der Waals surface area contributed by atoms with Crippen molar-refractivity contribution < 1.29 is 4.79 Å². The summed E-state index contributed by atoms with van der Waals surface area (Å²) in [6.07, 6.45) is 1.01. The predicted octanol–water partition coefficient (Wildman–Crippen LogP) is -0.652. The van der Waals surface area contributed by atoms with Gasteiger partial charge in [-0.25, -0.2) is 15.6 Å². The largest absolute Gasteiger partial charge is 0.343 e. The Morgan fingerprint density at radius 1 is 1.36 bits per heavy atom. The number of nitrogens with two attached hydrogens (primary N) is 1. The standard InChI is InChI=1S/C8H21N5O/c1-4-13(11-8(14)10-9)7-5-6-12(2)3/h4-7,9H2,1-3H3,(H2,10,11,14). The van der Waals surface area contributed by atoms with Gasteiger partial charge in [-0.3, -0.25) is 10.9 Å². The Balaban J connectivity index is 3.63. The highest BCUT2D eigenvalue weighted by molar-refractivity contribution is 5.72. The van der Waals surface area contributed by atoms with Crippen LogP contribution in [0.3, 0.4) is 0 Å². The van der Waals surface area contributed by atoms with Gasteiger partial charge < -0.3 is 4.90 Å². The number of nitrogens with zero attached hydrogens (tertiary/aromatic N) is 2. The molecule has 0 atom stereocenters. The van der Waals surface area contributed by atoms with Crippen molar-refractivity contribution in [1.29, 1.82) is 0 Å². The fourth-order valence-electron chi connectivity index (χ4n) is 1.05. The lowest BCUT2D eigenvalue weighted by Crippen LogP contribution is -2.49. The van der Waals surface area contributed by atoms with Gasteiger partial charge in [0.2, 0.25) is 0 Å². The molecule has 0 heterocycles. The van der Waals surface area contributed by atoms with Crippen molar-refractivity contribution in [2.24, 2.45) is 5.84 Å². The summed E-state index contributed by atoms with van der Waals surface area (Å²) in [6.45, 7) is 4.57. The molecule has 0 spiro atoms. The molecule has 14 heavy (non-hydrogen) atoms. The number of carbonyl (C=O) groups excluding carboxylic acids is 1. The van der Waals surface area contributed by atoms with Crippen LogP contribution in [-0.2, 0) is 0 Å². The molecular formula is C8H21N5O. The molecule has 0 saturated heterocycles. The molecule has 0 aliphatic carbocycles. The average Bonchev–Trinajstić information content (AvgIpc) is 2.15.